The Kier molecular flexibility index (Phi) is 3.25. The van der Waals surface area contributed by atoms with E-state index < -0.39 is 0 Å². The second kappa shape index (κ2) is 4.85. The molecule has 0 aromatic heterocycles. The molecule has 0 atom stereocenters. The molecule has 1 nitrogen and oxygen atoms in total. The minimum Gasteiger partial charge on any atom is -0.489 e. The van der Waals surface area contributed by atoms with Crippen LogP contribution >= 0.6 is 11.6 Å². The van der Waals surface area contributed by atoms with Gasteiger partial charge in [0.25, 0.3) is 0 Å². The van der Waals surface area contributed by atoms with Crippen molar-refractivity contribution in [2.75, 3.05) is 0 Å². The van der Waals surface area contributed by atoms with Crippen LogP contribution in [0.25, 0.3) is 0 Å². The summed E-state index contributed by atoms with van der Waals surface area (Å²) in [5.41, 5.74) is 0.950. The van der Waals surface area contributed by atoms with Crippen LogP contribution < -0.4 is 4.74 Å². The first kappa shape index (κ1) is 10.1. The number of hydrogen-bond donors (Lipinski definition) is 0. The Hall–Kier alpha value is -1.47. The Labute approximate surface area is 94.3 Å². The first-order chi connectivity index (χ1) is 7.34. The lowest BCUT2D eigenvalue weighted by Gasteiger charge is -2.05. The fourth-order valence-electron chi connectivity index (χ4n) is 1.25. The van der Waals surface area contributed by atoms with Crippen LogP contribution in [-0.4, -0.2) is 0 Å². The van der Waals surface area contributed by atoms with Gasteiger partial charge in [0.1, 0.15) is 12.4 Å². The van der Waals surface area contributed by atoms with Crippen LogP contribution in [0.15, 0.2) is 48.5 Å². The van der Waals surface area contributed by atoms with Gasteiger partial charge in [0.2, 0.25) is 0 Å². The van der Waals surface area contributed by atoms with E-state index in [1.54, 1.807) is 12.1 Å². The molecule has 0 unspecified atom stereocenters. The van der Waals surface area contributed by atoms with Crippen molar-refractivity contribution in [3.63, 3.8) is 0 Å². The highest BCUT2D eigenvalue weighted by atomic mass is 35.5. The third-order valence-corrected chi connectivity index (χ3v) is 2.20. The second-order valence-corrected chi connectivity index (χ2v) is 3.57. The first-order valence-electron chi connectivity index (χ1n) is 4.68. The molecule has 0 saturated heterocycles. The molecule has 0 spiro atoms. The lowest BCUT2D eigenvalue weighted by atomic mass is 10.2. The maximum atomic E-state index is 5.85. The van der Waals surface area contributed by atoms with E-state index in [0.717, 1.165) is 11.3 Å². The van der Waals surface area contributed by atoms with Gasteiger partial charge in [0.15, 0.2) is 0 Å². The molecule has 0 N–H and O–H groups in total. The summed E-state index contributed by atoms with van der Waals surface area (Å²) >= 11 is 5.85. The maximum absolute atomic E-state index is 5.85. The second-order valence-electron chi connectivity index (χ2n) is 3.13. The van der Waals surface area contributed by atoms with E-state index in [-0.39, 0.29) is 0 Å². The van der Waals surface area contributed by atoms with Crippen molar-refractivity contribution in [2.45, 2.75) is 6.61 Å². The Morgan fingerprint density at radius 2 is 1.93 bits per heavy atom. The van der Waals surface area contributed by atoms with Crippen LogP contribution in [0.2, 0.25) is 5.02 Å². The minimum absolute atomic E-state index is 0.491. The van der Waals surface area contributed by atoms with Crippen LogP contribution in [0.3, 0.4) is 0 Å². The fourth-order valence-corrected chi connectivity index (χ4v) is 1.44. The monoisotopic (exact) mass is 217 g/mol. The van der Waals surface area contributed by atoms with Gasteiger partial charge in [0.05, 0.1) is 0 Å². The third kappa shape index (κ3) is 3.00. The number of hydrogen-bond acceptors (Lipinski definition) is 1. The van der Waals surface area contributed by atoms with Crippen LogP contribution in [0.4, 0.5) is 0 Å². The average Bonchev–Trinajstić information content (AvgIpc) is 2.28. The Morgan fingerprint density at radius 1 is 1.13 bits per heavy atom. The summed E-state index contributed by atoms with van der Waals surface area (Å²) in [4.78, 5) is 0. The molecule has 0 fully saturated rings. The van der Waals surface area contributed by atoms with Gasteiger partial charge in [-0.05, 0) is 35.9 Å². The van der Waals surface area contributed by atoms with Crippen molar-refractivity contribution in [3.8, 4) is 5.75 Å². The molecule has 1 radical (unpaired) electrons. The standard InChI is InChI=1S/C13H10ClO/c14-12-6-4-5-11(9-12)10-15-13-7-2-1-3-8-13/h1-4,6-9H,10H2. The summed E-state index contributed by atoms with van der Waals surface area (Å²) in [6.45, 7) is 0.491. The lowest BCUT2D eigenvalue weighted by molar-refractivity contribution is 0.306. The molecule has 0 bridgehead atoms. The number of benzene rings is 2. The number of para-hydroxylation sites is 1. The van der Waals surface area contributed by atoms with Crippen molar-refractivity contribution in [2.24, 2.45) is 0 Å². The maximum Gasteiger partial charge on any atom is 0.119 e. The van der Waals surface area contributed by atoms with Crippen LogP contribution in [0.1, 0.15) is 5.56 Å². The zero-order valence-corrected chi connectivity index (χ0v) is 8.87. The van der Waals surface area contributed by atoms with Crippen molar-refractivity contribution in [3.05, 3.63) is 65.2 Å². The van der Waals surface area contributed by atoms with Gasteiger partial charge < -0.3 is 4.74 Å². The molecule has 0 amide bonds. The molecular weight excluding hydrogens is 208 g/mol. The Morgan fingerprint density at radius 3 is 2.67 bits per heavy atom. The van der Waals surface area contributed by atoms with Gasteiger partial charge in [-0.25, -0.2) is 0 Å². The van der Waals surface area contributed by atoms with Gasteiger partial charge in [-0.2, -0.15) is 0 Å². The summed E-state index contributed by atoms with van der Waals surface area (Å²) in [7, 11) is 0. The van der Waals surface area contributed by atoms with E-state index >= 15 is 0 Å². The molecule has 2 heteroatoms. The number of ether oxygens (including phenoxy) is 1. The number of halogens is 1. The summed E-state index contributed by atoms with van der Waals surface area (Å²) in [5.74, 6) is 0.853. The molecule has 0 heterocycles. The minimum atomic E-state index is 0.491. The predicted molar refractivity (Wildman–Crippen MR) is 61.1 cm³/mol. The summed E-state index contributed by atoms with van der Waals surface area (Å²) in [6, 6.07) is 18.2. The van der Waals surface area contributed by atoms with E-state index in [4.69, 9.17) is 16.3 Å². The SMILES string of the molecule is Clc1cc[c]c(COc2ccccc2)c1. The van der Waals surface area contributed by atoms with E-state index in [2.05, 4.69) is 6.07 Å². The summed E-state index contributed by atoms with van der Waals surface area (Å²) < 4.78 is 5.56. The van der Waals surface area contributed by atoms with Crippen LogP contribution in [0.5, 0.6) is 5.75 Å². The smallest absolute Gasteiger partial charge is 0.119 e. The van der Waals surface area contributed by atoms with Gasteiger partial charge >= 0.3 is 0 Å². The van der Waals surface area contributed by atoms with Crippen LogP contribution in [-0.2, 0) is 6.61 Å². The molecule has 2 aromatic carbocycles. The zero-order valence-electron chi connectivity index (χ0n) is 8.11. The van der Waals surface area contributed by atoms with E-state index in [1.165, 1.54) is 0 Å². The average molecular weight is 218 g/mol. The molecule has 2 aromatic rings. The lowest BCUT2D eigenvalue weighted by Crippen LogP contribution is -1.94. The molecule has 15 heavy (non-hydrogen) atoms. The third-order valence-electron chi connectivity index (χ3n) is 1.96. The largest absolute Gasteiger partial charge is 0.489 e. The molecule has 0 aliphatic rings. The van der Waals surface area contributed by atoms with Crippen molar-refractivity contribution in [1.82, 2.24) is 0 Å². The molecule has 0 saturated carbocycles. The van der Waals surface area contributed by atoms with Crippen molar-refractivity contribution in [1.29, 1.82) is 0 Å². The first-order valence-corrected chi connectivity index (χ1v) is 5.06. The van der Waals surface area contributed by atoms with Gasteiger partial charge in [0, 0.05) is 5.02 Å². The van der Waals surface area contributed by atoms with Gasteiger partial charge in [-0.15, -0.1) is 0 Å². The molecule has 0 aliphatic carbocycles. The highest BCUT2D eigenvalue weighted by Gasteiger charge is 1.96. The quantitative estimate of drug-likeness (QED) is 0.762. The summed E-state index contributed by atoms with van der Waals surface area (Å²) in [6.07, 6.45) is 0. The Balaban J connectivity index is 1.99. The zero-order chi connectivity index (χ0) is 10.5. The van der Waals surface area contributed by atoms with Crippen molar-refractivity contribution >= 4 is 11.6 Å². The summed E-state index contributed by atoms with van der Waals surface area (Å²) in [5, 5.41) is 0.709. The van der Waals surface area contributed by atoms with Crippen molar-refractivity contribution < 1.29 is 4.74 Å². The molecule has 75 valence electrons. The molecular formula is C13H10ClO. The highest BCUT2D eigenvalue weighted by Crippen LogP contribution is 2.14. The normalized spacial score (nSPS) is 9.93. The van der Waals surface area contributed by atoms with E-state index in [9.17, 15) is 0 Å². The topological polar surface area (TPSA) is 9.23 Å². The predicted octanol–water partition coefficient (Wildman–Crippen LogP) is 3.72. The fraction of sp³-hybridized carbons (Fsp3) is 0.0769. The number of rotatable bonds is 3. The van der Waals surface area contributed by atoms with E-state index in [1.807, 2.05) is 36.4 Å². The van der Waals surface area contributed by atoms with Gasteiger partial charge in [-0.1, -0.05) is 35.9 Å². The van der Waals surface area contributed by atoms with Crippen LogP contribution in [0, 0.1) is 6.07 Å². The Bertz CT molecular complexity index is 426. The highest BCUT2D eigenvalue weighted by molar-refractivity contribution is 6.30. The molecule has 2 rings (SSSR count). The molecule has 0 aliphatic heterocycles. The van der Waals surface area contributed by atoms with Gasteiger partial charge in [-0.3, -0.25) is 0 Å². The van der Waals surface area contributed by atoms with E-state index in [0.29, 0.717) is 11.6 Å².